The molecule has 1 aliphatic carbocycles. The van der Waals surface area contributed by atoms with Crippen molar-refractivity contribution in [3.05, 3.63) is 53.3 Å². The predicted octanol–water partition coefficient (Wildman–Crippen LogP) is 3.56. The molecule has 5 heteroatoms. The van der Waals surface area contributed by atoms with E-state index in [1.54, 1.807) is 4.52 Å². The maximum Gasteiger partial charge on any atom is 0.178 e. The molecule has 0 radical (unpaired) electrons. The van der Waals surface area contributed by atoms with E-state index in [1.807, 2.05) is 19.1 Å². The van der Waals surface area contributed by atoms with Gasteiger partial charge in [-0.25, -0.2) is 0 Å². The third kappa shape index (κ3) is 2.36. The fourth-order valence-electron chi connectivity index (χ4n) is 3.46. The molecule has 2 aromatic heterocycles. The lowest BCUT2D eigenvalue weighted by molar-refractivity contribution is 0.265. The molecule has 0 bridgehead atoms. The molecule has 1 aliphatic rings. The molecule has 1 aromatic carbocycles. The van der Waals surface area contributed by atoms with Gasteiger partial charge in [-0.1, -0.05) is 38.1 Å². The van der Waals surface area contributed by atoms with Gasteiger partial charge < -0.3 is 5.32 Å². The Balaban J connectivity index is 1.74. The lowest BCUT2D eigenvalue weighted by atomic mass is 9.70. The summed E-state index contributed by atoms with van der Waals surface area (Å²) in [5, 5.41) is 16.5. The van der Waals surface area contributed by atoms with E-state index in [0.717, 1.165) is 30.1 Å². The minimum Gasteiger partial charge on any atom is -0.361 e. The van der Waals surface area contributed by atoms with Gasteiger partial charge in [0.2, 0.25) is 0 Å². The molecule has 2 heterocycles. The Hall–Kier alpha value is -2.43. The summed E-state index contributed by atoms with van der Waals surface area (Å²) in [7, 11) is 0. The molecule has 4 rings (SSSR count). The van der Waals surface area contributed by atoms with Crippen molar-refractivity contribution in [3.63, 3.8) is 0 Å². The van der Waals surface area contributed by atoms with Crippen LogP contribution in [-0.4, -0.2) is 19.8 Å². The molecular formula is C18H21N5. The first-order valence-corrected chi connectivity index (χ1v) is 8.08. The normalized spacial score (nSPS) is 19.5. The van der Waals surface area contributed by atoms with Gasteiger partial charge in [-0.05, 0) is 48.4 Å². The van der Waals surface area contributed by atoms with E-state index in [0.29, 0.717) is 0 Å². The summed E-state index contributed by atoms with van der Waals surface area (Å²) in [5.74, 6) is 1.65. The smallest absolute Gasteiger partial charge is 0.178 e. The van der Waals surface area contributed by atoms with Crippen LogP contribution in [0.15, 0.2) is 36.4 Å². The summed E-state index contributed by atoms with van der Waals surface area (Å²) in [6, 6.07) is 12.9. The Kier molecular flexibility index (Phi) is 3.11. The zero-order valence-electron chi connectivity index (χ0n) is 13.7. The largest absolute Gasteiger partial charge is 0.361 e. The molecule has 118 valence electrons. The minimum absolute atomic E-state index is 0.174. The monoisotopic (exact) mass is 307 g/mol. The number of aryl methyl sites for hydroxylation is 2. The van der Waals surface area contributed by atoms with Gasteiger partial charge in [0, 0.05) is 0 Å². The van der Waals surface area contributed by atoms with Crippen LogP contribution in [0.1, 0.15) is 43.3 Å². The molecule has 1 atom stereocenters. The topological polar surface area (TPSA) is 55.1 Å². The summed E-state index contributed by atoms with van der Waals surface area (Å²) in [6.45, 7) is 6.56. The highest BCUT2D eigenvalue weighted by molar-refractivity contribution is 5.47. The summed E-state index contributed by atoms with van der Waals surface area (Å²) in [5.41, 5.74) is 3.76. The first-order chi connectivity index (χ1) is 11.0. The lowest BCUT2D eigenvalue weighted by Gasteiger charge is -2.40. The van der Waals surface area contributed by atoms with Gasteiger partial charge >= 0.3 is 0 Å². The molecule has 0 unspecified atom stereocenters. The van der Waals surface area contributed by atoms with Crippen LogP contribution in [0, 0.1) is 12.3 Å². The molecule has 5 nitrogen and oxygen atoms in total. The first-order valence-electron chi connectivity index (χ1n) is 8.08. The van der Waals surface area contributed by atoms with E-state index < -0.39 is 0 Å². The van der Waals surface area contributed by atoms with Crippen molar-refractivity contribution in [2.24, 2.45) is 5.41 Å². The molecule has 0 spiro atoms. The molecule has 23 heavy (non-hydrogen) atoms. The third-order valence-corrected chi connectivity index (χ3v) is 4.90. The van der Waals surface area contributed by atoms with E-state index in [1.165, 1.54) is 11.1 Å². The number of hydrogen-bond donors (Lipinski definition) is 1. The Labute approximate surface area is 135 Å². The van der Waals surface area contributed by atoms with Crippen LogP contribution >= 0.6 is 0 Å². The van der Waals surface area contributed by atoms with E-state index in [4.69, 9.17) is 0 Å². The maximum atomic E-state index is 4.65. The van der Waals surface area contributed by atoms with E-state index in [2.05, 4.69) is 58.7 Å². The predicted molar refractivity (Wildman–Crippen MR) is 90.4 cm³/mol. The van der Waals surface area contributed by atoms with Crippen molar-refractivity contribution < 1.29 is 0 Å². The summed E-state index contributed by atoms with van der Waals surface area (Å²) in [4.78, 5) is 0. The second-order valence-electron chi connectivity index (χ2n) is 7.00. The van der Waals surface area contributed by atoms with Crippen LogP contribution in [0.25, 0.3) is 5.65 Å². The zero-order chi connectivity index (χ0) is 16.0. The SMILES string of the molecule is Cc1nnc2ccc(N[C@H]3c4ccccc4CCC3(C)C)nn12. The van der Waals surface area contributed by atoms with Crippen molar-refractivity contribution in [2.45, 2.75) is 39.7 Å². The molecule has 0 saturated heterocycles. The van der Waals surface area contributed by atoms with Crippen molar-refractivity contribution in [1.82, 2.24) is 19.8 Å². The van der Waals surface area contributed by atoms with Gasteiger partial charge in [0.15, 0.2) is 11.5 Å². The average Bonchev–Trinajstić information content (AvgIpc) is 2.91. The number of rotatable bonds is 2. The first kappa shape index (κ1) is 14.2. The Morgan fingerprint density at radius 3 is 2.83 bits per heavy atom. The van der Waals surface area contributed by atoms with Crippen LogP contribution in [0.4, 0.5) is 5.82 Å². The number of anilines is 1. The quantitative estimate of drug-likeness (QED) is 0.786. The summed E-state index contributed by atoms with van der Waals surface area (Å²) >= 11 is 0. The molecule has 0 fully saturated rings. The Morgan fingerprint density at radius 2 is 1.96 bits per heavy atom. The highest BCUT2D eigenvalue weighted by Gasteiger charge is 2.35. The highest BCUT2D eigenvalue weighted by Crippen LogP contribution is 2.44. The molecule has 3 aromatic rings. The number of hydrogen-bond acceptors (Lipinski definition) is 4. The van der Waals surface area contributed by atoms with Gasteiger partial charge in [0.25, 0.3) is 0 Å². The highest BCUT2D eigenvalue weighted by atomic mass is 15.4. The van der Waals surface area contributed by atoms with Gasteiger partial charge in [-0.2, -0.15) is 4.52 Å². The fourth-order valence-corrected chi connectivity index (χ4v) is 3.46. The van der Waals surface area contributed by atoms with Gasteiger partial charge in [0.05, 0.1) is 6.04 Å². The van der Waals surface area contributed by atoms with Gasteiger partial charge in [-0.3, -0.25) is 0 Å². The van der Waals surface area contributed by atoms with Crippen LogP contribution in [0.5, 0.6) is 0 Å². The van der Waals surface area contributed by atoms with E-state index >= 15 is 0 Å². The number of nitrogens with one attached hydrogen (secondary N) is 1. The second-order valence-corrected chi connectivity index (χ2v) is 7.00. The molecule has 0 amide bonds. The number of nitrogens with zero attached hydrogens (tertiary/aromatic N) is 4. The zero-order valence-corrected chi connectivity index (χ0v) is 13.7. The number of aromatic nitrogens is 4. The molecule has 0 aliphatic heterocycles. The minimum atomic E-state index is 0.174. The Bertz CT molecular complexity index is 865. The van der Waals surface area contributed by atoms with Gasteiger partial charge in [-0.15, -0.1) is 15.3 Å². The fraction of sp³-hybridized carbons (Fsp3) is 0.389. The van der Waals surface area contributed by atoms with Crippen molar-refractivity contribution in [1.29, 1.82) is 0 Å². The van der Waals surface area contributed by atoms with E-state index in [9.17, 15) is 0 Å². The third-order valence-electron chi connectivity index (χ3n) is 4.90. The van der Waals surface area contributed by atoms with Crippen LogP contribution in [0.3, 0.4) is 0 Å². The Morgan fingerprint density at radius 1 is 1.13 bits per heavy atom. The van der Waals surface area contributed by atoms with Crippen LogP contribution in [-0.2, 0) is 6.42 Å². The lowest BCUT2D eigenvalue weighted by Crippen LogP contribution is -2.33. The summed E-state index contributed by atoms with van der Waals surface area (Å²) < 4.78 is 1.78. The standard InChI is InChI=1S/C18H21N5/c1-12-20-21-16-9-8-15(22-23(12)16)19-17-14-7-5-4-6-13(14)10-11-18(17,2)3/h4-9,17H,10-11H2,1-3H3,(H,19,22)/t17-/m0/s1. The van der Waals surface area contributed by atoms with Crippen molar-refractivity contribution >= 4 is 11.5 Å². The van der Waals surface area contributed by atoms with E-state index in [-0.39, 0.29) is 11.5 Å². The second kappa shape index (κ2) is 5.05. The number of fused-ring (bicyclic) bond motifs is 2. The van der Waals surface area contributed by atoms with Crippen molar-refractivity contribution in [2.75, 3.05) is 5.32 Å². The van der Waals surface area contributed by atoms with Crippen LogP contribution < -0.4 is 5.32 Å². The molecule has 0 saturated carbocycles. The molecular weight excluding hydrogens is 286 g/mol. The number of benzene rings is 1. The summed E-state index contributed by atoms with van der Waals surface area (Å²) in [6.07, 6.45) is 2.30. The van der Waals surface area contributed by atoms with Crippen molar-refractivity contribution in [3.8, 4) is 0 Å². The molecule has 1 N–H and O–H groups in total. The van der Waals surface area contributed by atoms with Gasteiger partial charge in [0.1, 0.15) is 5.82 Å². The maximum absolute atomic E-state index is 4.65. The average molecular weight is 307 g/mol. The van der Waals surface area contributed by atoms with Crippen LogP contribution in [0.2, 0.25) is 0 Å².